The molecule has 0 radical (unpaired) electrons. The third-order valence-electron chi connectivity index (χ3n) is 4.65. The van der Waals surface area contributed by atoms with Gasteiger partial charge < -0.3 is 5.32 Å². The molecule has 0 fully saturated rings. The quantitative estimate of drug-likeness (QED) is 0.661. The van der Waals surface area contributed by atoms with E-state index in [2.05, 4.69) is 5.32 Å². The van der Waals surface area contributed by atoms with Crippen molar-refractivity contribution >= 4 is 56.4 Å². The Hall–Kier alpha value is -1.47. The van der Waals surface area contributed by atoms with E-state index in [1.54, 1.807) is 0 Å². The maximum atomic E-state index is 12.7. The van der Waals surface area contributed by atoms with Crippen molar-refractivity contribution in [3.8, 4) is 0 Å². The SMILES string of the molecule is CS(=O)(=O)N(CC(=O)N[C@@H]1CCCc2ccccc21)c1cc(Cl)c(Cl)cc1Cl. The summed E-state index contributed by atoms with van der Waals surface area (Å²) in [7, 11) is -3.78. The van der Waals surface area contributed by atoms with E-state index in [-0.39, 0.29) is 26.8 Å². The Morgan fingerprint density at radius 2 is 1.82 bits per heavy atom. The van der Waals surface area contributed by atoms with Crippen LogP contribution in [0.5, 0.6) is 0 Å². The maximum Gasteiger partial charge on any atom is 0.241 e. The fourth-order valence-corrected chi connectivity index (χ4v) is 4.91. The van der Waals surface area contributed by atoms with Crippen molar-refractivity contribution in [2.45, 2.75) is 25.3 Å². The second kappa shape index (κ2) is 8.49. The highest BCUT2D eigenvalue weighted by molar-refractivity contribution is 7.92. The molecular weight excluding hydrogens is 443 g/mol. The fourth-order valence-electron chi connectivity index (χ4n) is 3.36. The van der Waals surface area contributed by atoms with Crippen LogP contribution in [0.15, 0.2) is 36.4 Å². The first-order chi connectivity index (χ1) is 13.2. The number of amides is 1. The average Bonchev–Trinajstić information content (AvgIpc) is 2.62. The molecule has 5 nitrogen and oxygen atoms in total. The summed E-state index contributed by atoms with van der Waals surface area (Å²) in [6, 6.07) is 10.5. The highest BCUT2D eigenvalue weighted by atomic mass is 35.5. The molecule has 1 atom stereocenters. The number of sulfonamides is 1. The lowest BCUT2D eigenvalue weighted by Crippen LogP contribution is -2.42. The number of hydrogen-bond donors (Lipinski definition) is 1. The summed E-state index contributed by atoms with van der Waals surface area (Å²) in [5, 5.41) is 3.39. The number of carbonyl (C=O) groups excluding carboxylic acids is 1. The summed E-state index contributed by atoms with van der Waals surface area (Å²) < 4.78 is 25.6. The molecule has 0 saturated heterocycles. The third kappa shape index (κ3) is 4.74. The van der Waals surface area contributed by atoms with Crippen LogP contribution < -0.4 is 9.62 Å². The predicted octanol–water partition coefficient (Wildman–Crippen LogP) is 4.61. The smallest absolute Gasteiger partial charge is 0.241 e. The molecule has 0 unspecified atom stereocenters. The topological polar surface area (TPSA) is 66.5 Å². The summed E-state index contributed by atoms with van der Waals surface area (Å²) in [5.41, 5.74) is 2.38. The lowest BCUT2D eigenvalue weighted by molar-refractivity contribution is -0.120. The van der Waals surface area contributed by atoms with Crippen LogP contribution in [0.4, 0.5) is 5.69 Å². The van der Waals surface area contributed by atoms with Gasteiger partial charge in [-0.15, -0.1) is 0 Å². The van der Waals surface area contributed by atoms with Gasteiger partial charge in [0.2, 0.25) is 15.9 Å². The highest BCUT2D eigenvalue weighted by Gasteiger charge is 2.27. The monoisotopic (exact) mass is 460 g/mol. The fraction of sp³-hybridized carbons (Fsp3) is 0.316. The second-order valence-electron chi connectivity index (χ2n) is 6.70. The van der Waals surface area contributed by atoms with E-state index in [0.29, 0.717) is 0 Å². The van der Waals surface area contributed by atoms with E-state index < -0.39 is 22.5 Å². The molecule has 1 amide bonds. The van der Waals surface area contributed by atoms with Crippen molar-refractivity contribution in [3.05, 3.63) is 62.6 Å². The van der Waals surface area contributed by atoms with Crippen LogP contribution in [-0.2, 0) is 21.2 Å². The van der Waals surface area contributed by atoms with E-state index in [1.807, 2.05) is 24.3 Å². The van der Waals surface area contributed by atoms with Crippen LogP contribution in [0.2, 0.25) is 15.1 Å². The van der Waals surface area contributed by atoms with Gasteiger partial charge in [0.05, 0.1) is 33.1 Å². The van der Waals surface area contributed by atoms with E-state index in [1.165, 1.54) is 17.7 Å². The molecule has 0 aliphatic heterocycles. The Bertz CT molecular complexity index is 1010. The van der Waals surface area contributed by atoms with Crippen LogP contribution in [-0.4, -0.2) is 27.1 Å². The standard InChI is InChI=1S/C19H19Cl3N2O3S/c1-28(26,27)24(18-10-15(21)14(20)9-16(18)22)11-19(25)23-17-8-4-6-12-5-2-3-7-13(12)17/h2-3,5,7,9-10,17H,4,6,8,11H2,1H3,(H,23,25)/t17-/m1/s1. The van der Waals surface area contributed by atoms with Gasteiger partial charge in [-0.2, -0.15) is 0 Å². The van der Waals surface area contributed by atoms with Gasteiger partial charge in [0.1, 0.15) is 6.54 Å². The van der Waals surface area contributed by atoms with Crippen molar-refractivity contribution in [3.63, 3.8) is 0 Å². The Morgan fingerprint density at radius 3 is 2.54 bits per heavy atom. The normalized spacial score (nSPS) is 16.4. The number of nitrogens with one attached hydrogen (secondary N) is 1. The van der Waals surface area contributed by atoms with Crippen molar-refractivity contribution in [1.29, 1.82) is 0 Å². The van der Waals surface area contributed by atoms with Gasteiger partial charge in [-0.3, -0.25) is 9.10 Å². The van der Waals surface area contributed by atoms with Crippen LogP contribution in [0, 0.1) is 0 Å². The number of aryl methyl sites for hydroxylation is 1. The van der Waals surface area contributed by atoms with Crippen LogP contribution in [0.1, 0.15) is 30.0 Å². The molecule has 150 valence electrons. The molecule has 9 heteroatoms. The van der Waals surface area contributed by atoms with Crippen molar-refractivity contribution in [1.82, 2.24) is 5.32 Å². The third-order valence-corrected chi connectivity index (χ3v) is 6.80. The average molecular weight is 462 g/mol. The predicted molar refractivity (Wildman–Crippen MR) is 114 cm³/mol. The lowest BCUT2D eigenvalue weighted by Gasteiger charge is -2.28. The number of halogens is 3. The molecule has 2 aromatic carbocycles. The van der Waals surface area contributed by atoms with Gasteiger partial charge >= 0.3 is 0 Å². The zero-order valence-corrected chi connectivity index (χ0v) is 18.2. The minimum absolute atomic E-state index is 0.0932. The number of fused-ring (bicyclic) bond motifs is 1. The molecule has 0 heterocycles. The Kier molecular flexibility index (Phi) is 6.44. The van der Waals surface area contributed by atoms with E-state index in [0.717, 1.165) is 35.4 Å². The van der Waals surface area contributed by atoms with Gasteiger partial charge in [-0.05, 0) is 42.5 Å². The van der Waals surface area contributed by atoms with Crippen LogP contribution >= 0.6 is 34.8 Å². The zero-order valence-electron chi connectivity index (χ0n) is 15.1. The number of nitrogens with zero attached hydrogens (tertiary/aromatic N) is 1. The molecule has 0 aromatic heterocycles. The zero-order chi connectivity index (χ0) is 20.5. The van der Waals surface area contributed by atoms with Gasteiger partial charge in [0.25, 0.3) is 0 Å². The Labute approximate surface area is 179 Å². The molecular formula is C19H19Cl3N2O3S. The van der Waals surface area contributed by atoms with Gasteiger partial charge in [0, 0.05) is 0 Å². The number of anilines is 1. The first-order valence-electron chi connectivity index (χ1n) is 8.66. The number of rotatable bonds is 5. The second-order valence-corrected chi connectivity index (χ2v) is 9.83. The van der Waals surface area contributed by atoms with Gasteiger partial charge in [0.15, 0.2) is 0 Å². The maximum absolute atomic E-state index is 12.7. The molecule has 0 bridgehead atoms. The van der Waals surface area contributed by atoms with Crippen molar-refractivity contribution < 1.29 is 13.2 Å². The largest absolute Gasteiger partial charge is 0.348 e. The van der Waals surface area contributed by atoms with Gasteiger partial charge in [-0.25, -0.2) is 8.42 Å². The first-order valence-corrected chi connectivity index (χ1v) is 11.6. The van der Waals surface area contributed by atoms with Crippen molar-refractivity contribution in [2.24, 2.45) is 0 Å². The number of carbonyl (C=O) groups is 1. The molecule has 0 saturated carbocycles. The van der Waals surface area contributed by atoms with E-state index in [4.69, 9.17) is 34.8 Å². The summed E-state index contributed by atoms with van der Waals surface area (Å²) in [6.07, 6.45) is 3.73. The van der Waals surface area contributed by atoms with Crippen LogP contribution in [0.3, 0.4) is 0 Å². The molecule has 1 aliphatic carbocycles. The first kappa shape index (κ1) is 21.2. The van der Waals surface area contributed by atoms with Crippen LogP contribution in [0.25, 0.3) is 0 Å². The summed E-state index contributed by atoms with van der Waals surface area (Å²) in [5.74, 6) is -0.422. The van der Waals surface area contributed by atoms with E-state index >= 15 is 0 Å². The number of hydrogen-bond acceptors (Lipinski definition) is 3. The van der Waals surface area contributed by atoms with E-state index in [9.17, 15) is 13.2 Å². The minimum Gasteiger partial charge on any atom is -0.348 e. The lowest BCUT2D eigenvalue weighted by atomic mass is 9.88. The van der Waals surface area contributed by atoms with Gasteiger partial charge in [-0.1, -0.05) is 59.1 Å². The molecule has 1 N–H and O–H groups in total. The van der Waals surface area contributed by atoms with Crippen molar-refractivity contribution in [2.75, 3.05) is 17.1 Å². The molecule has 28 heavy (non-hydrogen) atoms. The molecule has 1 aliphatic rings. The molecule has 2 aromatic rings. The highest BCUT2D eigenvalue weighted by Crippen LogP contribution is 2.35. The Morgan fingerprint density at radius 1 is 1.14 bits per heavy atom. The molecule has 0 spiro atoms. The summed E-state index contributed by atoms with van der Waals surface area (Å²) in [4.78, 5) is 12.7. The minimum atomic E-state index is -3.78. The Balaban J connectivity index is 1.83. The summed E-state index contributed by atoms with van der Waals surface area (Å²) in [6.45, 7) is -0.408. The summed E-state index contributed by atoms with van der Waals surface area (Å²) >= 11 is 18.1. The number of benzene rings is 2. The molecule has 3 rings (SSSR count).